The van der Waals surface area contributed by atoms with Crippen molar-refractivity contribution in [2.75, 3.05) is 20.8 Å². The highest BCUT2D eigenvalue weighted by Crippen LogP contribution is 2.21. The van der Waals surface area contributed by atoms with Crippen molar-refractivity contribution in [2.24, 2.45) is 5.41 Å². The molecular weight excluding hydrogens is 224 g/mol. The Morgan fingerprint density at radius 2 is 1.61 bits per heavy atom. The van der Waals surface area contributed by atoms with Crippen LogP contribution in [0.25, 0.3) is 0 Å². The first kappa shape index (κ1) is 17.1. The second kappa shape index (κ2) is 10.1. The van der Waals surface area contributed by atoms with Gasteiger partial charge in [0.25, 0.3) is 0 Å². The van der Waals surface area contributed by atoms with Gasteiger partial charge in [-0.2, -0.15) is 0 Å². The molecular formula is C16H28O2. The van der Waals surface area contributed by atoms with E-state index in [0.29, 0.717) is 12.0 Å². The Bertz CT molecular complexity index is 272. The average molecular weight is 252 g/mol. The van der Waals surface area contributed by atoms with E-state index >= 15 is 0 Å². The van der Waals surface area contributed by atoms with E-state index in [1.54, 1.807) is 14.2 Å². The maximum atomic E-state index is 5.06. The predicted octanol–water partition coefficient (Wildman–Crippen LogP) is 4.29. The van der Waals surface area contributed by atoms with E-state index < -0.39 is 0 Å². The van der Waals surface area contributed by atoms with Crippen molar-refractivity contribution in [2.45, 2.75) is 40.2 Å². The first-order chi connectivity index (χ1) is 8.55. The molecule has 1 aromatic carbocycles. The van der Waals surface area contributed by atoms with Crippen LogP contribution in [0.2, 0.25) is 0 Å². The van der Waals surface area contributed by atoms with Crippen LogP contribution in [0.15, 0.2) is 30.3 Å². The summed E-state index contributed by atoms with van der Waals surface area (Å²) >= 11 is 0. The lowest BCUT2D eigenvalue weighted by Crippen LogP contribution is -2.17. The minimum atomic E-state index is 0.378. The second-order valence-electron chi connectivity index (χ2n) is 5.27. The van der Waals surface area contributed by atoms with Gasteiger partial charge in [-0.1, -0.05) is 57.5 Å². The van der Waals surface area contributed by atoms with Gasteiger partial charge in [0.15, 0.2) is 0 Å². The van der Waals surface area contributed by atoms with Crippen molar-refractivity contribution in [3.8, 4) is 0 Å². The Labute approximate surface area is 112 Å². The predicted molar refractivity (Wildman–Crippen MR) is 77.7 cm³/mol. The summed E-state index contributed by atoms with van der Waals surface area (Å²) in [5, 5.41) is 0. The summed E-state index contributed by atoms with van der Waals surface area (Å²) < 4.78 is 9.99. The molecule has 0 N–H and O–H groups in total. The molecule has 104 valence electrons. The summed E-state index contributed by atoms with van der Waals surface area (Å²) in [5.74, 6) is 0. The van der Waals surface area contributed by atoms with Crippen LogP contribution in [-0.4, -0.2) is 20.8 Å². The third-order valence-electron chi connectivity index (χ3n) is 2.62. The number of ether oxygens (including phenoxy) is 2. The summed E-state index contributed by atoms with van der Waals surface area (Å²) in [7, 11) is 3.46. The van der Waals surface area contributed by atoms with Crippen molar-refractivity contribution < 1.29 is 9.47 Å². The van der Waals surface area contributed by atoms with E-state index in [1.165, 1.54) is 18.4 Å². The number of hydrogen-bond acceptors (Lipinski definition) is 2. The van der Waals surface area contributed by atoms with Crippen LogP contribution in [0, 0.1) is 5.41 Å². The van der Waals surface area contributed by atoms with Gasteiger partial charge in [0.2, 0.25) is 0 Å². The van der Waals surface area contributed by atoms with Gasteiger partial charge in [-0.3, -0.25) is 0 Å². The molecule has 1 rings (SSSR count). The second-order valence-corrected chi connectivity index (χ2v) is 5.27. The molecule has 0 atom stereocenters. The van der Waals surface area contributed by atoms with Crippen LogP contribution < -0.4 is 0 Å². The number of methoxy groups -OCH3 is 2. The molecule has 0 heterocycles. The summed E-state index contributed by atoms with van der Waals surface area (Å²) in [6.45, 7) is 8.26. The molecule has 0 saturated heterocycles. The van der Waals surface area contributed by atoms with Crippen molar-refractivity contribution in [1.82, 2.24) is 0 Å². The molecule has 0 saturated carbocycles. The lowest BCUT2D eigenvalue weighted by atomic mass is 9.89. The molecule has 2 nitrogen and oxygen atoms in total. The third-order valence-corrected chi connectivity index (χ3v) is 2.62. The summed E-state index contributed by atoms with van der Waals surface area (Å²) in [5.41, 5.74) is 1.60. The lowest BCUT2D eigenvalue weighted by Gasteiger charge is -2.22. The SMILES string of the molecule is CCCC(C)(C)COC.COCc1ccccc1. The molecule has 0 aromatic heterocycles. The van der Waals surface area contributed by atoms with Crippen molar-refractivity contribution in [1.29, 1.82) is 0 Å². The highest BCUT2D eigenvalue weighted by atomic mass is 16.5. The smallest absolute Gasteiger partial charge is 0.0713 e. The van der Waals surface area contributed by atoms with Crippen LogP contribution in [0.1, 0.15) is 39.2 Å². The quantitative estimate of drug-likeness (QED) is 0.752. The molecule has 0 bridgehead atoms. The molecule has 0 aliphatic rings. The standard InChI is InChI=1S/C8H10O.C8H18O/c1-9-7-8-5-3-2-4-6-8;1-5-6-8(2,3)7-9-4/h2-6H,7H2,1H3;5-7H2,1-4H3. The van der Waals surface area contributed by atoms with Gasteiger partial charge in [0.1, 0.15) is 0 Å². The molecule has 0 unspecified atom stereocenters. The molecule has 0 fully saturated rings. The van der Waals surface area contributed by atoms with Crippen molar-refractivity contribution in [3.63, 3.8) is 0 Å². The van der Waals surface area contributed by atoms with Crippen molar-refractivity contribution >= 4 is 0 Å². The van der Waals surface area contributed by atoms with E-state index in [4.69, 9.17) is 9.47 Å². The topological polar surface area (TPSA) is 18.5 Å². The van der Waals surface area contributed by atoms with Gasteiger partial charge in [-0.25, -0.2) is 0 Å². The Morgan fingerprint density at radius 3 is 2.06 bits per heavy atom. The van der Waals surface area contributed by atoms with Gasteiger partial charge >= 0.3 is 0 Å². The zero-order valence-corrected chi connectivity index (χ0v) is 12.5. The molecule has 2 heteroatoms. The fourth-order valence-electron chi connectivity index (χ4n) is 1.88. The molecule has 0 spiro atoms. The minimum absolute atomic E-state index is 0.378. The van der Waals surface area contributed by atoms with Gasteiger partial charge in [0.05, 0.1) is 13.2 Å². The Morgan fingerprint density at radius 1 is 1.00 bits per heavy atom. The van der Waals surface area contributed by atoms with E-state index in [-0.39, 0.29) is 0 Å². The fourth-order valence-corrected chi connectivity index (χ4v) is 1.88. The van der Waals surface area contributed by atoms with Crippen LogP contribution in [0.4, 0.5) is 0 Å². The van der Waals surface area contributed by atoms with Crippen LogP contribution in [0.3, 0.4) is 0 Å². The van der Waals surface area contributed by atoms with Gasteiger partial charge in [-0.15, -0.1) is 0 Å². The zero-order chi connectivity index (χ0) is 13.9. The van der Waals surface area contributed by atoms with Crippen LogP contribution >= 0.6 is 0 Å². The monoisotopic (exact) mass is 252 g/mol. The Balaban J connectivity index is 0.000000321. The lowest BCUT2D eigenvalue weighted by molar-refractivity contribution is 0.0977. The summed E-state index contributed by atoms with van der Waals surface area (Å²) in [6.07, 6.45) is 2.50. The summed E-state index contributed by atoms with van der Waals surface area (Å²) in [6, 6.07) is 10.1. The minimum Gasteiger partial charge on any atom is -0.384 e. The number of rotatable bonds is 6. The van der Waals surface area contributed by atoms with Gasteiger partial charge < -0.3 is 9.47 Å². The zero-order valence-electron chi connectivity index (χ0n) is 12.5. The third kappa shape index (κ3) is 9.20. The van der Waals surface area contributed by atoms with E-state index in [1.807, 2.05) is 30.3 Å². The van der Waals surface area contributed by atoms with E-state index in [2.05, 4.69) is 20.8 Å². The van der Waals surface area contributed by atoms with E-state index in [9.17, 15) is 0 Å². The molecule has 18 heavy (non-hydrogen) atoms. The normalized spacial score (nSPS) is 10.7. The maximum Gasteiger partial charge on any atom is 0.0713 e. The van der Waals surface area contributed by atoms with E-state index in [0.717, 1.165) is 6.61 Å². The molecule has 0 amide bonds. The average Bonchev–Trinajstić information content (AvgIpc) is 2.31. The largest absolute Gasteiger partial charge is 0.384 e. The fraction of sp³-hybridized carbons (Fsp3) is 0.625. The first-order valence-corrected chi connectivity index (χ1v) is 6.57. The first-order valence-electron chi connectivity index (χ1n) is 6.57. The molecule has 1 aromatic rings. The molecule has 0 radical (unpaired) electrons. The van der Waals surface area contributed by atoms with Crippen LogP contribution in [-0.2, 0) is 16.1 Å². The van der Waals surface area contributed by atoms with Gasteiger partial charge in [0, 0.05) is 14.2 Å². The van der Waals surface area contributed by atoms with Gasteiger partial charge in [-0.05, 0) is 17.4 Å². The Hall–Kier alpha value is -0.860. The van der Waals surface area contributed by atoms with Crippen molar-refractivity contribution in [3.05, 3.63) is 35.9 Å². The van der Waals surface area contributed by atoms with Crippen LogP contribution in [0.5, 0.6) is 0 Å². The number of hydrogen-bond donors (Lipinski definition) is 0. The molecule has 0 aliphatic heterocycles. The molecule has 0 aliphatic carbocycles. The Kier molecular flexibility index (Phi) is 9.62. The highest BCUT2D eigenvalue weighted by molar-refractivity contribution is 5.13. The number of benzene rings is 1. The highest BCUT2D eigenvalue weighted by Gasteiger charge is 2.15. The maximum absolute atomic E-state index is 5.06. The summed E-state index contributed by atoms with van der Waals surface area (Å²) in [4.78, 5) is 0.